The minimum absolute atomic E-state index is 0.0629. The number of hydrogen-bond donors (Lipinski definition) is 3. The largest absolute Gasteiger partial charge is 0.497 e. The van der Waals surface area contributed by atoms with Crippen LogP contribution in [-0.4, -0.2) is 89.3 Å². The average Bonchev–Trinajstić information content (AvgIpc) is 3.98. The van der Waals surface area contributed by atoms with Crippen LogP contribution in [0.2, 0.25) is 0 Å². The van der Waals surface area contributed by atoms with Crippen LogP contribution in [-0.2, 0) is 35.6 Å². The molecule has 1 aromatic heterocycles. The minimum Gasteiger partial charge on any atom is -0.497 e. The number of amides is 4. The van der Waals surface area contributed by atoms with Gasteiger partial charge in [-0.2, -0.15) is 0 Å². The Balaban J connectivity index is 1.04. The van der Waals surface area contributed by atoms with Crippen LogP contribution in [0.1, 0.15) is 108 Å². The maximum absolute atomic E-state index is 14.9. The molecule has 15 heteroatoms. The van der Waals surface area contributed by atoms with E-state index in [1.165, 1.54) is 4.90 Å². The molecule has 1 aromatic carbocycles. The highest BCUT2D eigenvalue weighted by Gasteiger charge is 2.64. The summed E-state index contributed by atoms with van der Waals surface area (Å²) in [5, 5.41) is 6.79. The number of pyridine rings is 1. The summed E-state index contributed by atoms with van der Waals surface area (Å²) >= 11 is 0. The molecule has 3 aliphatic heterocycles. The molecule has 0 radical (unpaired) electrons. The number of allylic oxidation sites excluding steroid dienone is 1. The highest BCUT2D eigenvalue weighted by atomic mass is 32.2. The number of nitrogens with one attached hydrogen (secondary N) is 3. The topological polar surface area (TPSA) is 182 Å². The van der Waals surface area contributed by atoms with E-state index in [-0.39, 0.29) is 19.4 Å². The molecule has 4 saturated carbocycles. The molecule has 5 fully saturated rings. The third-order valence-corrected chi connectivity index (χ3v) is 16.0. The normalized spacial score (nSPS) is 31.9. The van der Waals surface area contributed by atoms with Gasteiger partial charge < -0.3 is 29.7 Å². The fraction of sp³-hybridized carbons (Fsp3) is 0.643. The number of ether oxygens (including phenoxy) is 3. The summed E-state index contributed by atoms with van der Waals surface area (Å²) in [4.78, 5) is 63.4. The molecule has 3 N–H and O–H groups in total. The van der Waals surface area contributed by atoms with Crippen molar-refractivity contribution in [2.45, 2.75) is 144 Å². The second-order valence-corrected chi connectivity index (χ2v) is 20.2. The molecular weight excluding hydrogens is 751 g/mol. The van der Waals surface area contributed by atoms with Crippen molar-refractivity contribution >= 4 is 44.7 Å². The fourth-order valence-corrected chi connectivity index (χ4v) is 10.8. The molecule has 14 nitrogen and oxygen atoms in total. The molecule has 4 amide bonds. The number of fused-ring (bicyclic) bond motifs is 5. The second kappa shape index (κ2) is 13.6. The molecule has 0 unspecified atom stereocenters. The van der Waals surface area contributed by atoms with E-state index in [9.17, 15) is 27.6 Å². The summed E-state index contributed by atoms with van der Waals surface area (Å²) < 4.78 is 46.2. The van der Waals surface area contributed by atoms with Gasteiger partial charge in [-0.15, -0.1) is 0 Å². The van der Waals surface area contributed by atoms with Crippen molar-refractivity contribution in [3.8, 4) is 11.5 Å². The highest BCUT2D eigenvalue weighted by Crippen LogP contribution is 2.56. The molecule has 7 aliphatic rings. The number of nitrogens with zero attached hydrogens (tertiary/aromatic N) is 2. The van der Waals surface area contributed by atoms with Crippen LogP contribution >= 0.6 is 0 Å². The average molecular weight is 804 g/mol. The second-order valence-electron chi connectivity index (χ2n) is 18.0. The standard InChI is InChI=1S/C42H53N5O9S/c1-25-34-29(30-21-28(54-3)13-14-31(30)43-25)15-16-40(55-34)23-33-35(48)45-42(37(50)46-57(52,53)39(2)17-18-39)22-27(42)9-7-5-4-6-8-10-32(36(49)47(33)24-40)44-38(51)56-41(19-20-41)26-11-12-26/h7,9,13-14,21,26-27,32-33H,4-6,8,10-12,15-20,22-24H2,1-3H3,(H,44,51)(H,45,48)(H,46,50)/b9-7-/t27-,32+,33+,40-,42-/m1/s1. The number of rotatable bonds is 7. The Labute approximate surface area is 333 Å². The van der Waals surface area contributed by atoms with E-state index < -0.39 is 73.3 Å². The first-order valence-corrected chi connectivity index (χ1v) is 22.2. The summed E-state index contributed by atoms with van der Waals surface area (Å²) in [7, 11) is -2.37. The lowest BCUT2D eigenvalue weighted by Crippen LogP contribution is -2.58. The van der Waals surface area contributed by atoms with E-state index in [4.69, 9.17) is 19.2 Å². The molecular formula is C42H53N5O9S. The van der Waals surface area contributed by atoms with Gasteiger partial charge in [-0.05, 0) is 115 Å². The number of benzene rings is 1. The maximum Gasteiger partial charge on any atom is 0.408 e. The molecule has 4 heterocycles. The Morgan fingerprint density at radius 3 is 2.54 bits per heavy atom. The lowest BCUT2D eigenvalue weighted by Gasteiger charge is -2.36. The lowest BCUT2D eigenvalue weighted by atomic mass is 9.87. The molecule has 0 bridgehead atoms. The number of carbonyl (C=O) groups excluding carboxylic acids is 4. The monoisotopic (exact) mass is 803 g/mol. The minimum atomic E-state index is -3.99. The van der Waals surface area contributed by atoms with Gasteiger partial charge in [0, 0.05) is 23.3 Å². The summed E-state index contributed by atoms with van der Waals surface area (Å²) in [5.41, 5.74) is -0.455. The number of alkyl carbamates (subject to hydrolysis) is 1. The van der Waals surface area contributed by atoms with E-state index in [1.54, 1.807) is 14.0 Å². The molecule has 1 spiro atoms. The van der Waals surface area contributed by atoms with Crippen LogP contribution in [0.4, 0.5) is 4.79 Å². The van der Waals surface area contributed by atoms with E-state index in [0.717, 1.165) is 55.0 Å². The molecule has 57 heavy (non-hydrogen) atoms. The summed E-state index contributed by atoms with van der Waals surface area (Å²) in [5.74, 6) is -0.523. The van der Waals surface area contributed by atoms with Crippen molar-refractivity contribution in [1.29, 1.82) is 0 Å². The maximum atomic E-state index is 14.9. The smallest absolute Gasteiger partial charge is 0.408 e. The molecule has 2 aromatic rings. The van der Waals surface area contributed by atoms with Crippen molar-refractivity contribution in [1.82, 2.24) is 25.2 Å². The zero-order chi connectivity index (χ0) is 40.0. The summed E-state index contributed by atoms with van der Waals surface area (Å²) in [6.45, 7) is 3.55. The van der Waals surface area contributed by atoms with E-state index >= 15 is 0 Å². The third-order valence-electron chi connectivity index (χ3n) is 13.8. The van der Waals surface area contributed by atoms with Crippen molar-refractivity contribution in [3.63, 3.8) is 0 Å². The Kier molecular flexibility index (Phi) is 9.09. The van der Waals surface area contributed by atoms with E-state index in [2.05, 4.69) is 15.4 Å². The van der Waals surface area contributed by atoms with Crippen molar-refractivity contribution in [2.24, 2.45) is 11.8 Å². The van der Waals surface area contributed by atoms with Gasteiger partial charge in [-0.1, -0.05) is 25.0 Å². The molecule has 5 atom stereocenters. The number of methoxy groups -OCH3 is 1. The van der Waals surface area contributed by atoms with Gasteiger partial charge >= 0.3 is 6.09 Å². The number of aryl methyl sites for hydroxylation is 2. The van der Waals surface area contributed by atoms with Gasteiger partial charge in [0.2, 0.25) is 21.8 Å². The third kappa shape index (κ3) is 6.90. The van der Waals surface area contributed by atoms with Crippen LogP contribution in [0.25, 0.3) is 10.9 Å². The Morgan fingerprint density at radius 2 is 1.82 bits per heavy atom. The van der Waals surface area contributed by atoms with Gasteiger partial charge in [0.25, 0.3) is 5.91 Å². The fourth-order valence-electron chi connectivity index (χ4n) is 9.48. The van der Waals surface area contributed by atoms with Crippen molar-refractivity contribution in [3.05, 3.63) is 41.6 Å². The number of hydrogen-bond acceptors (Lipinski definition) is 10. The predicted molar refractivity (Wildman–Crippen MR) is 209 cm³/mol. The van der Waals surface area contributed by atoms with Crippen LogP contribution in [0.15, 0.2) is 30.4 Å². The molecule has 306 valence electrons. The number of sulfonamides is 1. The van der Waals surface area contributed by atoms with Crippen LogP contribution < -0.4 is 24.8 Å². The molecule has 4 aliphatic carbocycles. The quantitative estimate of drug-likeness (QED) is 0.334. The molecule has 9 rings (SSSR count). The van der Waals surface area contributed by atoms with Crippen molar-refractivity contribution < 1.29 is 41.8 Å². The van der Waals surface area contributed by atoms with Crippen LogP contribution in [0.3, 0.4) is 0 Å². The summed E-state index contributed by atoms with van der Waals surface area (Å²) in [6.07, 6.45) is 12.6. The number of carbonyl (C=O) groups is 4. The first-order chi connectivity index (χ1) is 27.2. The van der Waals surface area contributed by atoms with Gasteiger partial charge in [-0.25, -0.2) is 18.2 Å². The zero-order valence-electron chi connectivity index (χ0n) is 33.0. The van der Waals surface area contributed by atoms with E-state index in [1.807, 2.05) is 37.3 Å². The first kappa shape index (κ1) is 38.1. The lowest BCUT2D eigenvalue weighted by molar-refractivity contribution is -0.141. The van der Waals surface area contributed by atoms with Gasteiger partial charge in [0.05, 0.1) is 29.6 Å². The Hall–Kier alpha value is -4.40. The first-order valence-electron chi connectivity index (χ1n) is 20.7. The van der Waals surface area contributed by atoms with Crippen molar-refractivity contribution in [2.75, 3.05) is 13.7 Å². The van der Waals surface area contributed by atoms with E-state index in [0.29, 0.717) is 68.1 Å². The van der Waals surface area contributed by atoms with Crippen LogP contribution in [0.5, 0.6) is 11.5 Å². The molecule has 1 saturated heterocycles. The van der Waals surface area contributed by atoms with Gasteiger partial charge in [-0.3, -0.25) is 19.1 Å². The number of aromatic nitrogens is 1. The highest BCUT2D eigenvalue weighted by molar-refractivity contribution is 7.91. The Bertz CT molecular complexity index is 2180. The predicted octanol–water partition coefficient (Wildman–Crippen LogP) is 4.65. The SMILES string of the molecule is COc1ccc2nc(C)c3c(c2c1)CC[C@]1(C[C@H]2C(=O)N[C@]4(C(=O)NS(=O)(=O)C5(C)CC5)C[C@H]4/C=C\CCCCC[C@H](NC(=O)OC4(C5CC5)CC4)C(=O)N2C1)O3. The Morgan fingerprint density at radius 1 is 1.04 bits per heavy atom. The van der Waals surface area contributed by atoms with Crippen LogP contribution in [0, 0.1) is 18.8 Å². The van der Waals surface area contributed by atoms with Gasteiger partial charge in [0.1, 0.15) is 40.3 Å². The summed E-state index contributed by atoms with van der Waals surface area (Å²) in [6, 6.07) is 3.69. The zero-order valence-corrected chi connectivity index (χ0v) is 33.8. The van der Waals surface area contributed by atoms with Gasteiger partial charge in [0.15, 0.2) is 0 Å².